The summed E-state index contributed by atoms with van der Waals surface area (Å²) in [5.41, 5.74) is 2.17. The number of tetrazole rings is 1. The van der Waals surface area contributed by atoms with Gasteiger partial charge in [-0.15, -0.1) is 28.2 Å². The van der Waals surface area contributed by atoms with Crippen LogP contribution < -0.4 is 5.32 Å². The van der Waals surface area contributed by atoms with Gasteiger partial charge < -0.3 is 5.32 Å². The minimum Gasteiger partial charge on any atom is -0.322 e. The van der Waals surface area contributed by atoms with Gasteiger partial charge in [0.25, 0.3) is 5.91 Å². The first-order chi connectivity index (χ1) is 14.5. The molecule has 0 aliphatic rings. The molecule has 4 aromatic rings. The largest absolute Gasteiger partial charge is 0.322 e. The third-order valence-electron chi connectivity index (χ3n) is 4.23. The number of halogens is 1. The Morgan fingerprint density at radius 2 is 2.00 bits per heavy atom. The summed E-state index contributed by atoms with van der Waals surface area (Å²) >= 11 is 3.30. The lowest BCUT2D eigenvalue weighted by molar-refractivity contribution is 0.102. The van der Waals surface area contributed by atoms with Gasteiger partial charge in [0.1, 0.15) is 11.5 Å². The van der Waals surface area contributed by atoms with Gasteiger partial charge in [0.2, 0.25) is 0 Å². The van der Waals surface area contributed by atoms with Gasteiger partial charge in [-0.05, 0) is 66.7 Å². The van der Waals surface area contributed by atoms with E-state index in [1.54, 1.807) is 42.2 Å². The molecule has 0 unspecified atom stereocenters. The molecule has 30 heavy (non-hydrogen) atoms. The number of amides is 1. The number of aryl methyl sites for hydroxylation is 2. The number of nitrogens with one attached hydrogen (secondary N) is 1. The lowest BCUT2D eigenvalue weighted by atomic mass is 10.2. The van der Waals surface area contributed by atoms with Gasteiger partial charge in [0, 0.05) is 27.3 Å². The third kappa shape index (κ3) is 4.55. The Kier molecular flexibility index (Phi) is 5.86. The van der Waals surface area contributed by atoms with Crippen LogP contribution in [0, 0.1) is 19.7 Å². The number of anilines is 1. The zero-order chi connectivity index (χ0) is 21.1. The molecule has 2 heterocycles. The van der Waals surface area contributed by atoms with E-state index in [0.29, 0.717) is 17.1 Å². The summed E-state index contributed by atoms with van der Waals surface area (Å²) in [6.07, 6.45) is 0. The quantitative estimate of drug-likeness (QED) is 0.447. The molecule has 10 heteroatoms. The van der Waals surface area contributed by atoms with Crippen LogP contribution in [0.25, 0.3) is 5.69 Å². The highest BCUT2D eigenvalue weighted by Gasteiger charge is 2.13. The van der Waals surface area contributed by atoms with E-state index >= 15 is 0 Å². The van der Waals surface area contributed by atoms with Gasteiger partial charge in [0.15, 0.2) is 5.82 Å². The van der Waals surface area contributed by atoms with Crippen molar-refractivity contribution in [1.82, 2.24) is 25.2 Å². The van der Waals surface area contributed by atoms with E-state index in [9.17, 15) is 9.18 Å². The lowest BCUT2D eigenvalue weighted by Gasteiger charge is -2.09. The van der Waals surface area contributed by atoms with Gasteiger partial charge in [-0.1, -0.05) is 0 Å². The first-order valence-electron chi connectivity index (χ1n) is 9.00. The van der Waals surface area contributed by atoms with E-state index in [1.807, 2.05) is 19.1 Å². The molecule has 0 fully saturated rings. The molecule has 2 aromatic heterocycles. The number of carbonyl (C=O) groups is 1. The van der Waals surface area contributed by atoms with Crippen molar-refractivity contribution >= 4 is 34.7 Å². The second-order valence-electron chi connectivity index (χ2n) is 6.43. The van der Waals surface area contributed by atoms with E-state index in [0.717, 1.165) is 21.3 Å². The Morgan fingerprint density at radius 3 is 2.67 bits per heavy atom. The van der Waals surface area contributed by atoms with Gasteiger partial charge in [-0.2, -0.15) is 4.68 Å². The monoisotopic (exact) mass is 440 g/mol. The molecular formula is C20H17FN6OS2. The van der Waals surface area contributed by atoms with Crippen molar-refractivity contribution in [2.75, 3.05) is 5.32 Å². The van der Waals surface area contributed by atoms with E-state index in [2.05, 4.69) is 31.2 Å². The molecule has 2 aromatic carbocycles. The fraction of sp³-hybridized carbons (Fsp3) is 0.150. The molecule has 0 spiro atoms. The predicted molar refractivity (Wildman–Crippen MR) is 115 cm³/mol. The molecular weight excluding hydrogens is 423 g/mol. The molecule has 0 aliphatic carbocycles. The summed E-state index contributed by atoms with van der Waals surface area (Å²) in [6.45, 7) is 3.65. The van der Waals surface area contributed by atoms with Gasteiger partial charge in [-0.3, -0.25) is 4.79 Å². The van der Waals surface area contributed by atoms with Crippen molar-refractivity contribution < 1.29 is 9.18 Å². The minimum atomic E-state index is -0.486. The normalized spacial score (nSPS) is 10.9. The Labute approximate surface area is 180 Å². The number of hydrogen-bond acceptors (Lipinski definition) is 7. The minimum absolute atomic E-state index is 0.166. The summed E-state index contributed by atoms with van der Waals surface area (Å²) in [6, 6.07) is 11.6. The van der Waals surface area contributed by atoms with Crippen LogP contribution in [0.4, 0.5) is 10.1 Å². The van der Waals surface area contributed by atoms with Crippen LogP contribution >= 0.6 is 23.1 Å². The Morgan fingerprint density at radius 1 is 1.20 bits per heavy atom. The number of thiazole rings is 1. The first kappa shape index (κ1) is 20.2. The third-order valence-corrected chi connectivity index (χ3v) is 6.10. The summed E-state index contributed by atoms with van der Waals surface area (Å²) in [4.78, 5) is 18.1. The van der Waals surface area contributed by atoms with Crippen LogP contribution in [0.5, 0.6) is 0 Å². The van der Waals surface area contributed by atoms with E-state index < -0.39 is 5.82 Å². The molecule has 1 amide bonds. The van der Waals surface area contributed by atoms with Crippen LogP contribution in [0.1, 0.15) is 26.9 Å². The summed E-state index contributed by atoms with van der Waals surface area (Å²) in [7, 11) is 0. The number of aromatic nitrogens is 5. The molecule has 0 aliphatic heterocycles. The highest BCUT2D eigenvalue weighted by Crippen LogP contribution is 2.24. The molecule has 0 radical (unpaired) electrons. The van der Waals surface area contributed by atoms with E-state index in [-0.39, 0.29) is 11.6 Å². The van der Waals surface area contributed by atoms with Crippen molar-refractivity contribution in [2.45, 2.75) is 24.5 Å². The molecule has 0 saturated heterocycles. The number of thioether (sulfide) groups is 1. The zero-order valence-corrected chi connectivity index (χ0v) is 17.8. The molecule has 0 atom stereocenters. The average molecular weight is 441 g/mol. The van der Waals surface area contributed by atoms with Gasteiger partial charge in [0.05, 0.1) is 10.7 Å². The standard InChI is InChI=1S/C20H17FN6OS2/c1-12-24-25-26-27(12)19-9-15(5-8-18(19)21)23-20(28)14-3-6-17(7-4-14)30-11-16-10-29-13(2)22-16/h3-10H,11H2,1-2H3,(H,23,28). The Bertz CT molecular complexity index is 1190. The van der Waals surface area contributed by atoms with Crippen molar-refractivity contribution in [1.29, 1.82) is 0 Å². The smallest absolute Gasteiger partial charge is 0.255 e. The van der Waals surface area contributed by atoms with Crippen molar-refractivity contribution in [3.63, 3.8) is 0 Å². The zero-order valence-electron chi connectivity index (χ0n) is 16.2. The molecule has 152 valence electrons. The van der Waals surface area contributed by atoms with Crippen LogP contribution in [-0.4, -0.2) is 31.1 Å². The Hall–Kier alpha value is -3.11. The second kappa shape index (κ2) is 8.72. The maximum atomic E-state index is 14.2. The van der Waals surface area contributed by atoms with Crippen molar-refractivity contribution in [3.05, 3.63) is 75.8 Å². The van der Waals surface area contributed by atoms with Gasteiger partial charge >= 0.3 is 0 Å². The number of nitrogens with zero attached hydrogens (tertiary/aromatic N) is 5. The fourth-order valence-corrected chi connectivity index (χ4v) is 4.25. The summed E-state index contributed by atoms with van der Waals surface area (Å²) < 4.78 is 15.5. The van der Waals surface area contributed by atoms with Crippen molar-refractivity contribution in [2.24, 2.45) is 0 Å². The number of benzene rings is 2. The average Bonchev–Trinajstić information content (AvgIpc) is 3.36. The number of carbonyl (C=O) groups excluding carboxylic acids is 1. The molecule has 7 nitrogen and oxygen atoms in total. The molecule has 4 rings (SSSR count). The summed E-state index contributed by atoms with van der Waals surface area (Å²) in [5.74, 6) is 0.455. The van der Waals surface area contributed by atoms with E-state index in [1.165, 1.54) is 22.9 Å². The van der Waals surface area contributed by atoms with Crippen LogP contribution in [-0.2, 0) is 5.75 Å². The molecule has 0 saturated carbocycles. The molecule has 0 bridgehead atoms. The van der Waals surface area contributed by atoms with Crippen LogP contribution in [0.15, 0.2) is 52.7 Å². The summed E-state index contributed by atoms with van der Waals surface area (Å²) in [5, 5.41) is 16.9. The SMILES string of the molecule is Cc1nc(CSc2ccc(C(=O)Nc3ccc(F)c(-n4nnnc4C)c3)cc2)cs1. The molecule has 1 N–H and O–H groups in total. The number of rotatable bonds is 6. The Balaban J connectivity index is 1.43. The maximum Gasteiger partial charge on any atom is 0.255 e. The predicted octanol–water partition coefficient (Wildman–Crippen LogP) is 4.42. The maximum absolute atomic E-state index is 14.2. The van der Waals surface area contributed by atoms with Crippen LogP contribution in [0.3, 0.4) is 0 Å². The second-order valence-corrected chi connectivity index (χ2v) is 8.54. The van der Waals surface area contributed by atoms with E-state index in [4.69, 9.17) is 0 Å². The van der Waals surface area contributed by atoms with Crippen LogP contribution in [0.2, 0.25) is 0 Å². The van der Waals surface area contributed by atoms with Gasteiger partial charge in [-0.25, -0.2) is 9.37 Å². The fourth-order valence-electron chi connectivity index (χ4n) is 2.74. The van der Waals surface area contributed by atoms with Crippen molar-refractivity contribution in [3.8, 4) is 5.69 Å². The lowest BCUT2D eigenvalue weighted by Crippen LogP contribution is -2.12. The highest BCUT2D eigenvalue weighted by atomic mass is 32.2. The number of hydrogen-bond donors (Lipinski definition) is 1. The highest BCUT2D eigenvalue weighted by molar-refractivity contribution is 7.98. The topological polar surface area (TPSA) is 85.6 Å². The first-order valence-corrected chi connectivity index (χ1v) is 10.9.